The first-order chi connectivity index (χ1) is 21.3. The number of aromatic carboxylic acids is 1. The number of halogens is 1. The number of carboxylic acid groups (broad SMARTS) is 1. The summed E-state index contributed by atoms with van der Waals surface area (Å²) in [5.41, 5.74) is 7.93. The Morgan fingerprint density at radius 3 is 2.55 bits per heavy atom. The first-order valence-electron chi connectivity index (χ1n) is 14.6. The number of benzene rings is 3. The largest absolute Gasteiger partial charge is 0.508 e. The minimum Gasteiger partial charge on any atom is -0.508 e. The second-order valence-corrected chi connectivity index (χ2v) is 11.2. The number of thiocarbonyl (C=S) groups is 1. The fourth-order valence-electron chi connectivity index (χ4n) is 4.99. The lowest BCUT2D eigenvalue weighted by atomic mass is 9.90. The zero-order valence-electron chi connectivity index (χ0n) is 24.3. The summed E-state index contributed by atoms with van der Waals surface area (Å²) >= 11 is 11.1. The van der Waals surface area contributed by atoms with Gasteiger partial charge in [-0.25, -0.2) is 4.79 Å². The van der Waals surface area contributed by atoms with Gasteiger partial charge in [0, 0.05) is 47.3 Å². The monoisotopic (exact) mass is 639 g/mol. The van der Waals surface area contributed by atoms with Crippen LogP contribution in [0.15, 0.2) is 63.8 Å². The highest BCUT2D eigenvalue weighted by Gasteiger charge is 2.22. The first-order valence-corrected chi connectivity index (χ1v) is 15.6. The molecule has 10 nitrogen and oxygen atoms in total. The number of hydrogen-bond acceptors (Lipinski definition) is 5. The molecular formula is C32H38ClN5O5S+2. The normalized spacial score (nSPS) is 11.6. The van der Waals surface area contributed by atoms with Gasteiger partial charge < -0.3 is 30.6 Å². The average Bonchev–Trinajstić information content (AvgIpc) is 3.00. The van der Waals surface area contributed by atoms with Crippen LogP contribution >= 0.6 is 23.8 Å². The number of unbranched alkanes of at least 4 members (excludes halogenated alkanes) is 3. The highest BCUT2D eigenvalue weighted by atomic mass is 35.5. The topological polar surface area (TPSA) is 168 Å². The van der Waals surface area contributed by atoms with Gasteiger partial charge in [-0.3, -0.25) is 15.5 Å². The lowest BCUT2D eigenvalue weighted by Crippen LogP contribution is -2.84. The van der Waals surface area contributed by atoms with Crippen LogP contribution in [0.4, 0.5) is 5.69 Å². The molecule has 1 aliphatic carbocycles. The molecule has 4 rings (SSSR count). The first kappa shape index (κ1) is 32.7. The van der Waals surface area contributed by atoms with E-state index in [1.807, 2.05) is 0 Å². The molecule has 0 saturated heterocycles. The molecule has 2 aromatic rings. The van der Waals surface area contributed by atoms with Crippen LogP contribution < -0.4 is 32.1 Å². The zero-order valence-corrected chi connectivity index (χ0v) is 25.9. The summed E-state index contributed by atoms with van der Waals surface area (Å²) < 4.78 is 5.89. The Balaban J connectivity index is 1.33. The second kappa shape index (κ2) is 16.0. The molecule has 0 aromatic heterocycles. The molecule has 0 radical (unpaired) electrons. The van der Waals surface area contributed by atoms with Gasteiger partial charge in [-0.15, -0.1) is 11.6 Å². The Kier molecular flexibility index (Phi) is 11.9. The lowest BCUT2D eigenvalue weighted by Gasteiger charge is -2.18. The fourth-order valence-corrected chi connectivity index (χ4v) is 5.30. The standard InChI is InChI=1S/C32H36ClN5O5S/c33-19-29(34)36-14-5-4-13-35-12-2-1-3-15-37-32(44)38-20-6-9-23(26(16-20)31(41)42)30-24-10-7-21(39)17-27(24)43-28-18-22(40)8-11-25(28)30/h6-11,16-18,35,39H,1-5,12-15,19H2,(H2,34,36)(H,41,42)(H2,37,38,44)/p+2. The molecule has 1 heterocycles. The number of phenolic OH excluding ortho intramolecular Hbond substituents is 1. The van der Waals surface area contributed by atoms with Crippen LogP contribution in [0.2, 0.25) is 0 Å². The molecular weight excluding hydrogens is 602 g/mol. The maximum Gasteiger partial charge on any atom is 0.336 e. The Labute approximate surface area is 265 Å². The quantitative estimate of drug-likeness (QED) is 0.0258. The number of quaternary nitrogens is 1. The molecule has 0 atom stereocenters. The molecule has 0 bridgehead atoms. The summed E-state index contributed by atoms with van der Waals surface area (Å²) in [4.78, 5) is 27.6. The molecule has 12 heteroatoms. The number of fused-ring (bicyclic) bond motifs is 2. The van der Waals surface area contributed by atoms with Gasteiger partial charge in [-0.2, -0.15) is 0 Å². The van der Waals surface area contributed by atoms with E-state index >= 15 is 0 Å². The summed E-state index contributed by atoms with van der Waals surface area (Å²) in [6.45, 7) is 3.72. The molecule has 0 fully saturated rings. The number of nitrogens with two attached hydrogens (primary N) is 2. The van der Waals surface area contributed by atoms with Gasteiger partial charge in [0.25, 0.3) is 5.84 Å². The smallest absolute Gasteiger partial charge is 0.336 e. The lowest BCUT2D eigenvalue weighted by molar-refractivity contribution is -0.655. The third-order valence-corrected chi connectivity index (χ3v) is 7.69. The van der Waals surface area contributed by atoms with E-state index in [1.165, 1.54) is 30.3 Å². The van der Waals surface area contributed by atoms with E-state index in [-0.39, 0.29) is 16.7 Å². The third kappa shape index (κ3) is 8.91. The Morgan fingerprint density at radius 2 is 1.77 bits per heavy atom. The molecule has 0 unspecified atom stereocenters. The molecule has 2 aromatic carbocycles. The van der Waals surface area contributed by atoms with Crippen LogP contribution in [0.5, 0.6) is 5.75 Å². The van der Waals surface area contributed by atoms with Gasteiger partial charge in [0.1, 0.15) is 23.0 Å². The number of rotatable bonds is 15. The molecule has 1 aliphatic heterocycles. The molecule has 0 saturated carbocycles. The van der Waals surface area contributed by atoms with Gasteiger partial charge in [-0.1, -0.05) is 6.07 Å². The van der Waals surface area contributed by atoms with Crippen molar-refractivity contribution in [2.45, 2.75) is 32.1 Å². The number of amidine groups is 1. The van der Waals surface area contributed by atoms with Crippen molar-refractivity contribution in [1.29, 1.82) is 0 Å². The van der Waals surface area contributed by atoms with Crippen molar-refractivity contribution in [2.75, 3.05) is 37.4 Å². The van der Waals surface area contributed by atoms with Crippen molar-refractivity contribution in [1.82, 2.24) is 5.32 Å². The summed E-state index contributed by atoms with van der Waals surface area (Å²) in [7, 11) is 0. The average molecular weight is 640 g/mol. The number of aromatic hydroxyl groups is 1. The number of phenols is 1. The maximum atomic E-state index is 12.4. The number of carbonyl (C=O) groups is 1. The summed E-state index contributed by atoms with van der Waals surface area (Å²) in [6.07, 6.45) is 5.33. The molecule has 2 aliphatic rings. The molecule has 0 amide bonds. The van der Waals surface area contributed by atoms with E-state index in [4.69, 9.17) is 34.0 Å². The number of nitrogens with one attached hydrogen (secondary N) is 3. The third-order valence-electron chi connectivity index (χ3n) is 7.16. The van der Waals surface area contributed by atoms with Crippen LogP contribution in [-0.4, -0.2) is 59.2 Å². The SMILES string of the molecule is NC(CCl)=[NH+]CCCC[NH2+]CCCCCNC(=S)Nc1ccc(-c2c3ccc(=O)cc-3oc3cc(O)ccc23)c(C(=O)O)c1. The van der Waals surface area contributed by atoms with E-state index in [0.29, 0.717) is 62.5 Å². The van der Waals surface area contributed by atoms with Gasteiger partial charge in [0.05, 0.1) is 25.2 Å². The van der Waals surface area contributed by atoms with Crippen molar-refractivity contribution in [3.8, 4) is 28.2 Å². The van der Waals surface area contributed by atoms with E-state index in [2.05, 4.69) is 20.9 Å². The van der Waals surface area contributed by atoms with E-state index in [1.54, 1.807) is 24.3 Å². The summed E-state index contributed by atoms with van der Waals surface area (Å²) in [5.74, 6) is 0.123. The number of hydrogen-bond donors (Lipinski definition) is 7. The van der Waals surface area contributed by atoms with Crippen molar-refractivity contribution in [3.63, 3.8) is 0 Å². The van der Waals surface area contributed by atoms with Gasteiger partial charge in [0.2, 0.25) is 0 Å². The number of anilines is 1. The fraction of sp³-hybridized carbons (Fsp3) is 0.312. The summed E-state index contributed by atoms with van der Waals surface area (Å²) in [5, 5.41) is 29.8. The van der Waals surface area contributed by atoms with Gasteiger partial charge in [-0.05, 0) is 79.9 Å². The maximum absolute atomic E-state index is 12.4. The van der Waals surface area contributed by atoms with Crippen molar-refractivity contribution in [3.05, 3.63) is 70.4 Å². The summed E-state index contributed by atoms with van der Waals surface area (Å²) in [6, 6.07) is 14.0. The van der Waals surface area contributed by atoms with Gasteiger partial charge >= 0.3 is 5.97 Å². The van der Waals surface area contributed by atoms with Crippen molar-refractivity contribution < 1.29 is 29.7 Å². The molecule has 0 spiro atoms. The van der Waals surface area contributed by atoms with Gasteiger partial charge in [0.15, 0.2) is 10.5 Å². The predicted octanol–water partition coefficient (Wildman–Crippen LogP) is 2.45. The van der Waals surface area contributed by atoms with Crippen LogP contribution in [0.3, 0.4) is 0 Å². The van der Waals surface area contributed by atoms with E-state index < -0.39 is 5.97 Å². The van der Waals surface area contributed by atoms with Crippen LogP contribution in [0.25, 0.3) is 33.4 Å². The Hall–Kier alpha value is -4.19. The minimum atomic E-state index is -1.12. The molecule has 9 N–H and O–H groups in total. The van der Waals surface area contributed by atoms with E-state index in [0.717, 1.165) is 51.7 Å². The second-order valence-electron chi connectivity index (χ2n) is 10.5. The highest BCUT2D eigenvalue weighted by molar-refractivity contribution is 7.80. The molecule has 232 valence electrons. The van der Waals surface area contributed by atoms with E-state index in [9.17, 15) is 19.8 Å². The van der Waals surface area contributed by atoms with Crippen LogP contribution in [0, 0.1) is 0 Å². The number of carboxylic acids is 1. The van der Waals surface area contributed by atoms with Crippen LogP contribution in [-0.2, 0) is 0 Å². The predicted molar refractivity (Wildman–Crippen MR) is 178 cm³/mol. The molecule has 44 heavy (non-hydrogen) atoms. The van der Waals surface area contributed by atoms with Crippen LogP contribution in [0.1, 0.15) is 42.5 Å². The van der Waals surface area contributed by atoms with Crippen molar-refractivity contribution in [2.24, 2.45) is 5.73 Å². The minimum absolute atomic E-state index is 0.00841. The zero-order chi connectivity index (χ0) is 31.5. The number of alkyl halides is 1. The Bertz CT molecular complexity index is 1670. The highest BCUT2D eigenvalue weighted by Crippen LogP contribution is 2.42. The Morgan fingerprint density at radius 1 is 1.00 bits per heavy atom. The van der Waals surface area contributed by atoms with Crippen molar-refractivity contribution >= 4 is 57.4 Å².